The van der Waals surface area contributed by atoms with Crippen molar-refractivity contribution in [3.05, 3.63) is 0 Å². The molecule has 2 aliphatic carbocycles. The van der Waals surface area contributed by atoms with Crippen molar-refractivity contribution in [1.29, 1.82) is 0 Å². The minimum Gasteiger partial charge on any atom is -0.336 e. The topological polar surface area (TPSA) is 20.3 Å². The van der Waals surface area contributed by atoms with Crippen LogP contribution in [0.3, 0.4) is 0 Å². The van der Waals surface area contributed by atoms with Crippen LogP contribution in [0.5, 0.6) is 0 Å². The Balaban J connectivity index is 1.54. The smallest absolute Gasteiger partial charge is 0.248 e. The first-order chi connectivity index (χ1) is 8.89. The van der Waals surface area contributed by atoms with Crippen LogP contribution in [0.4, 0.5) is 8.78 Å². The molecule has 108 valence electrons. The van der Waals surface area contributed by atoms with E-state index in [9.17, 15) is 13.6 Å². The molecule has 3 rings (SSSR count). The number of halogens is 2. The number of rotatable bonds is 2. The Kier molecular flexibility index (Phi) is 3.10. The average Bonchev–Trinajstić information content (AvgIpc) is 2.81. The number of fused-ring (bicyclic) bond motifs is 1. The summed E-state index contributed by atoms with van der Waals surface area (Å²) in [7, 11) is 0. The van der Waals surface area contributed by atoms with Crippen molar-refractivity contribution in [1.82, 2.24) is 4.90 Å². The van der Waals surface area contributed by atoms with Crippen molar-refractivity contribution in [2.75, 3.05) is 0 Å². The van der Waals surface area contributed by atoms with Gasteiger partial charge in [0.05, 0.1) is 0 Å². The van der Waals surface area contributed by atoms with Crippen LogP contribution in [0.1, 0.15) is 52.4 Å². The Bertz CT molecular complexity index is 374. The quantitative estimate of drug-likeness (QED) is 0.753. The van der Waals surface area contributed by atoms with Gasteiger partial charge < -0.3 is 4.90 Å². The van der Waals surface area contributed by atoms with Crippen molar-refractivity contribution in [2.24, 2.45) is 17.8 Å². The van der Waals surface area contributed by atoms with Gasteiger partial charge in [0, 0.05) is 31.3 Å². The van der Waals surface area contributed by atoms with Crippen molar-refractivity contribution >= 4 is 5.91 Å². The fraction of sp³-hybridized carbons (Fsp3) is 0.933. The van der Waals surface area contributed by atoms with Crippen molar-refractivity contribution in [2.45, 2.75) is 70.4 Å². The van der Waals surface area contributed by atoms with Gasteiger partial charge >= 0.3 is 0 Å². The predicted octanol–water partition coefficient (Wildman–Crippen LogP) is 3.46. The van der Waals surface area contributed by atoms with Crippen LogP contribution in [0.25, 0.3) is 0 Å². The molecule has 3 fully saturated rings. The number of hydrogen-bond acceptors (Lipinski definition) is 1. The third kappa shape index (κ3) is 2.38. The summed E-state index contributed by atoms with van der Waals surface area (Å²) in [6.07, 6.45) is 2.54. The molecule has 3 aliphatic rings. The number of nitrogens with zero attached hydrogens (tertiary/aromatic N) is 1. The average molecular weight is 271 g/mol. The van der Waals surface area contributed by atoms with Gasteiger partial charge in [-0.25, -0.2) is 8.78 Å². The van der Waals surface area contributed by atoms with Gasteiger partial charge in [-0.05, 0) is 43.9 Å². The Hall–Kier alpha value is -0.670. The molecule has 4 heteroatoms. The maximum atomic E-state index is 13.1. The zero-order valence-corrected chi connectivity index (χ0v) is 11.7. The second-order valence-corrected chi connectivity index (χ2v) is 6.90. The second-order valence-electron chi connectivity index (χ2n) is 6.90. The maximum Gasteiger partial charge on any atom is 0.248 e. The highest BCUT2D eigenvalue weighted by Crippen LogP contribution is 2.53. The first-order valence-corrected chi connectivity index (χ1v) is 7.58. The van der Waals surface area contributed by atoms with Gasteiger partial charge in [0.15, 0.2) is 0 Å². The molecular weight excluding hydrogens is 248 g/mol. The van der Waals surface area contributed by atoms with Crippen LogP contribution >= 0.6 is 0 Å². The van der Waals surface area contributed by atoms with Crippen LogP contribution < -0.4 is 0 Å². The Morgan fingerprint density at radius 2 is 1.89 bits per heavy atom. The molecule has 1 heterocycles. The van der Waals surface area contributed by atoms with Gasteiger partial charge in [0.2, 0.25) is 11.8 Å². The summed E-state index contributed by atoms with van der Waals surface area (Å²) in [5, 5.41) is 0. The standard InChI is InChI=1S/C15H23F2NO/c1-9-7-12-10(2)14(12)18(9)13(19)8-11-3-5-15(16,17)6-4-11/h9-12,14H,3-8H2,1-2H3. The Morgan fingerprint density at radius 1 is 1.26 bits per heavy atom. The van der Waals surface area contributed by atoms with E-state index in [4.69, 9.17) is 0 Å². The highest BCUT2D eigenvalue weighted by Gasteiger charge is 2.58. The number of piperidine rings is 1. The summed E-state index contributed by atoms with van der Waals surface area (Å²) in [6.45, 7) is 4.33. The molecule has 0 N–H and O–H groups in total. The van der Waals surface area contributed by atoms with Gasteiger partial charge in [0.25, 0.3) is 0 Å². The summed E-state index contributed by atoms with van der Waals surface area (Å²) >= 11 is 0. The Labute approximate surface area is 113 Å². The number of hydrogen-bond donors (Lipinski definition) is 0. The molecule has 2 nitrogen and oxygen atoms in total. The number of likely N-dealkylation sites (tertiary alicyclic amines) is 1. The first-order valence-electron chi connectivity index (χ1n) is 7.58. The summed E-state index contributed by atoms with van der Waals surface area (Å²) in [5.74, 6) is -0.756. The number of alkyl halides is 2. The number of carbonyl (C=O) groups is 1. The molecular formula is C15H23F2NO. The summed E-state index contributed by atoms with van der Waals surface area (Å²) in [6, 6.07) is 0.802. The van der Waals surface area contributed by atoms with E-state index in [1.54, 1.807) is 0 Å². The fourth-order valence-electron chi connectivity index (χ4n) is 4.21. The van der Waals surface area contributed by atoms with Gasteiger partial charge in [-0.3, -0.25) is 4.79 Å². The lowest BCUT2D eigenvalue weighted by atomic mass is 9.84. The number of carbonyl (C=O) groups excluding carboxylic acids is 1. The fourth-order valence-corrected chi connectivity index (χ4v) is 4.21. The Morgan fingerprint density at radius 3 is 2.47 bits per heavy atom. The highest BCUT2D eigenvalue weighted by atomic mass is 19.3. The van der Waals surface area contributed by atoms with E-state index >= 15 is 0 Å². The summed E-state index contributed by atoms with van der Waals surface area (Å²) in [4.78, 5) is 14.5. The molecule has 0 bridgehead atoms. The first kappa shape index (κ1) is 13.3. The van der Waals surface area contributed by atoms with E-state index in [2.05, 4.69) is 18.7 Å². The zero-order chi connectivity index (χ0) is 13.8. The minimum absolute atomic E-state index is 0.0387. The van der Waals surface area contributed by atoms with E-state index in [0.29, 0.717) is 43.2 Å². The van der Waals surface area contributed by atoms with E-state index < -0.39 is 5.92 Å². The van der Waals surface area contributed by atoms with Crippen LogP contribution in [-0.4, -0.2) is 28.8 Å². The van der Waals surface area contributed by atoms with Crippen LogP contribution in [-0.2, 0) is 4.79 Å². The molecule has 4 atom stereocenters. The van der Waals surface area contributed by atoms with Crippen molar-refractivity contribution < 1.29 is 13.6 Å². The minimum atomic E-state index is -2.49. The van der Waals surface area contributed by atoms with Gasteiger partial charge in [0.1, 0.15) is 0 Å². The monoisotopic (exact) mass is 271 g/mol. The largest absolute Gasteiger partial charge is 0.336 e. The molecule has 19 heavy (non-hydrogen) atoms. The van der Waals surface area contributed by atoms with Gasteiger partial charge in [-0.1, -0.05) is 6.92 Å². The third-order valence-electron chi connectivity index (χ3n) is 5.51. The SMILES string of the molecule is CC1C2CC(C)N(C(=O)CC3CCC(F)(F)CC3)C12. The van der Waals surface area contributed by atoms with Crippen LogP contribution in [0.2, 0.25) is 0 Å². The number of amides is 1. The molecule has 0 aromatic rings. The second kappa shape index (κ2) is 4.42. The summed E-state index contributed by atoms with van der Waals surface area (Å²) < 4.78 is 26.2. The molecule has 0 aromatic carbocycles. The lowest BCUT2D eigenvalue weighted by Gasteiger charge is -2.31. The lowest BCUT2D eigenvalue weighted by molar-refractivity contribution is -0.135. The maximum absolute atomic E-state index is 13.1. The molecule has 4 unspecified atom stereocenters. The normalized spacial score (nSPS) is 41.2. The molecule has 1 amide bonds. The third-order valence-corrected chi connectivity index (χ3v) is 5.51. The summed E-state index contributed by atoms with van der Waals surface area (Å²) in [5.41, 5.74) is 0. The van der Waals surface area contributed by atoms with E-state index in [1.165, 1.54) is 0 Å². The molecule has 2 saturated carbocycles. The van der Waals surface area contributed by atoms with E-state index in [-0.39, 0.29) is 24.7 Å². The van der Waals surface area contributed by atoms with Crippen molar-refractivity contribution in [3.8, 4) is 0 Å². The van der Waals surface area contributed by atoms with Gasteiger partial charge in [-0.2, -0.15) is 0 Å². The highest BCUT2D eigenvalue weighted by molar-refractivity contribution is 5.78. The molecule has 0 spiro atoms. The van der Waals surface area contributed by atoms with Gasteiger partial charge in [-0.15, -0.1) is 0 Å². The molecule has 0 radical (unpaired) electrons. The van der Waals surface area contributed by atoms with E-state index in [0.717, 1.165) is 6.42 Å². The molecule has 1 saturated heterocycles. The predicted molar refractivity (Wildman–Crippen MR) is 68.9 cm³/mol. The van der Waals surface area contributed by atoms with E-state index in [1.807, 2.05) is 0 Å². The lowest BCUT2D eigenvalue weighted by Crippen LogP contribution is -2.39. The molecule has 0 aromatic heterocycles. The van der Waals surface area contributed by atoms with Crippen LogP contribution in [0.15, 0.2) is 0 Å². The molecule has 1 aliphatic heterocycles. The van der Waals surface area contributed by atoms with Crippen molar-refractivity contribution in [3.63, 3.8) is 0 Å². The van der Waals surface area contributed by atoms with Crippen LogP contribution in [0, 0.1) is 17.8 Å². The zero-order valence-electron chi connectivity index (χ0n) is 11.7.